The molecule has 0 radical (unpaired) electrons. The van der Waals surface area contributed by atoms with Gasteiger partial charge in [0.2, 0.25) is 5.91 Å². The first-order valence-electron chi connectivity index (χ1n) is 5.73. The van der Waals surface area contributed by atoms with Gasteiger partial charge in [-0.05, 0) is 25.1 Å². The van der Waals surface area contributed by atoms with E-state index in [0.29, 0.717) is 29.5 Å². The quantitative estimate of drug-likeness (QED) is 0.244. The third kappa shape index (κ3) is 4.76. The fourth-order valence-electron chi connectivity index (χ4n) is 1.36. The second-order valence-electron chi connectivity index (χ2n) is 3.67. The monoisotopic (exact) mass is 285 g/mol. The molecule has 1 aromatic carbocycles. The highest BCUT2D eigenvalue weighted by Gasteiger charge is 2.08. The number of carbonyl (C=O) groups is 1. The molecule has 104 valence electrons. The predicted octanol–water partition coefficient (Wildman–Crippen LogP) is 1.80. The van der Waals surface area contributed by atoms with Crippen molar-refractivity contribution >= 4 is 29.0 Å². The molecule has 0 bridgehead atoms. The molecule has 0 aromatic heterocycles. The van der Waals surface area contributed by atoms with Crippen molar-refractivity contribution in [1.82, 2.24) is 0 Å². The molecule has 1 amide bonds. The lowest BCUT2D eigenvalue weighted by Crippen LogP contribution is -2.16. The first kappa shape index (κ1) is 15.3. The van der Waals surface area contributed by atoms with Gasteiger partial charge in [-0.25, -0.2) is 0 Å². The van der Waals surface area contributed by atoms with Gasteiger partial charge in [0.1, 0.15) is 0 Å². The molecule has 6 nitrogen and oxygen atoms in total. The van der Waals surface area contributed by atoms with Gasteiger partial charge in [-0.2, -0.15) is 0 Å². The highest BCUT2D eigenvalue weighted by atomic mass is 35.5. The highest BCUT2D eigenvalue weighted by molar-refractivity contribution is 6.34. The van der Waals surface area contributed by atoms with Crippen molar-refractivity contribution in [3.63, 3.8) is 0 Å². The number of ether oxygens (including phenoxy) is 1. The summed E-state index contributed by atoms with van der Waals surface area (Å²) in [7, 11) is 0. The van der Waals surface area contributed by atoms with E-state index >= 15 is 0 Å². The predicted molar refractivity (Wildman–Crippen MR) is 73.7 cm³/mol. The Hall–Kier alpha value is -1.79. The Morgan fingerprint density at radius 1 is 1.58 bits per heavy atom. The third-order valence-electron chi connectivity index (χ3n) is 2.32. The molecule has 0 aliphatic carbocycles. The van der Waals surface area contributed by atoms with E-state index in [2.05, 4.69) is 10.5 Å². The summed E-state index contributed by atoms with van der Waals surface area (Å²) < 4.78 is 5.08. The van der Waals surface area contributed by atoms with Gasteiger partial charge in [-0.1, -0.05) is 16.8 Å². The zero-order valence-corrected chi connectivity index (χ0v) is 11.3. The van der Waals surface area contributed by atoms with Crippen LogP contribution in [-0.2, 0) is 9.53 Å². The second-order valence-corrected chi connectivity index (χ2v) is 4.08. The molecule has 0 atom stereocenters. The van der Waals surface area contributed by atoms with E-state index in [9.17, 15) is 4.79 Å². The molecule has 0 aliphatic heterocycles. The average Bonchev–Trinajstić information content (AvgIpc) is 2.40. The van der Waals surface area contributed by atoms with Crippen molar-refractivity contribution in [2.75, 3.05) is 18.5 Å². The zero-order chi connectivity index (χ0) is 14.3. The highest BCUT2D eigenvalue weighted by Crippen LogP contribution is 2.23. The van der Waals surface area contributed by atoms with E-state index in [1.165, 1.54) is 6.07 Å². The van der Waals surface area contributed by atoms with Gasteiger partial charge < -0.3 is 21.0 Å². The largest absolute Gasteiger partial charge is 0.409 e. The van der Waals surface area contributed by atoms with Gasteiger partial charge in [0.05, 0.1) is 23.7 Å². The molecule has 19 heavy (non-hydrogen) atoms. The Morgan fingerprint density at radius 2 is 2.32 bits per heavy atom. The molecule has 0 spiro atoms. The van der Waals surface area contributed by atoms with Gasteiger partial charge in [-0.15, -0.1) is 0 Å². The number of benzene rings is 1. The molecule has 0 aliphatic rings. The van der Waals surface area contributed by atoms with Crippen LogP contribution in [0.5, 0.6) is 0 Å². The van der Waals surface area contributed by atoms with Crippen LogP contribution in [0, 0.1) is 0 Å². The molecule has 1 aromatic rings. The standard InChI is InChI=1S/C12H16ClN3O3/c1-2-19-6-5-11(17)15-10-4-3-8(7-9(10)13)12(14)16-18/h3-4,7,18H,2,5-6H2,1H3,(H2,14,16)(H,15,17). The number of nitrogens with two attached hydrogens (primary N) is 1. The van der Waals surface area contributed by atoms with Gasteiger partial charge >= 0.3 is 0 Å². The topological polar surface area (TPSA) is 96.9 Å². The summed E-state index contributed by atoms with van der Waals surface area (Å²) in [4.78, 5) is 11.6. The number of carbonyl (C=O) groups excluding carboxylic acids is 1. The maximum absolute atomic E-state index is 11.6. The number of anilines is 1. The summed E-state index contributed by atoms with van der Waals surface area (Å²) >= 11 is 6.00. The lowest BCUT2D eigenvalue weighted by molar-refractivity contribution is -0.117. The SMILES string of the molecule is CCOCCC(=O)Nc1ccc(/C(N)=N/O)cc1Cl. The van der Waals surface area contributed by atoms with Gasteiger partial charge in [0, 0.05) is 12.2 Å². The molecular formula is C12H16ClN3O3. The van der Waals surface area contributed by atoms with Crippen molar-refractivity contribution in [1.29, 1.82) is 0 Å². The van der Waals surface area contributed by atoms with E-state index in [4.69, 9.17) is 27.3 Å². The van der Waals surface area contributed by atoms with Crippen LogP contribution < -0.4 is 11.1 Å². The maximum atomic E-state index is 11.6. The van der Waals surface area contributed by atoms with E-state index < -0.39 is 0 Å². The van der Waals surface area contributed by atoms with Crippen LogP contribution in [0.15, 0.2) is 23.4 Å². The van der Waals surface area contributed by atoms with Crippen LogP contribution in [0.2, 0.25) is 5.02 Å². The number of hydrogen-bond acceptors (Lipinski definition) is 4. The van der Waals surface area contributed by atoms with Crippen LogP contribution in [0.4, 0.5) is 5.69 Å². The van der Waals surface area contributed by atoms with Crippen molar-refractivity contribution in [3.05, 3.63) is 28.8 Å². The molecular weight excluding hydrogens is 270 g/mol. The summed E-state index contributed by atoms with van der Waals surface area (Å²) in [6, 6.07) is 4.70. The number of nitrogens with one attached hydrogen (secondary N) is 1. The molecule has 1 rings (SSSR count). The van der Waals surface area contributed by atoms with E-state index in [0.717, 1.165) is 0 Å². The van der Waals surface area contributed by atoms with Crippen molar-refractivity contribution in [2.45, 2.75) is 13.3 Å². The minimum atomic E-state index is -0.188. The summed E-state index contributed by atoms with van der Waals surface area (Å²) in [6.45, 7) is 2.80. The number of amidine groups is 1. The first-order chi connectivity index (χ1) is 9.08. The number of rotatable bonds is 6. The van der Waals surface area contributed by atoms with Crippen LogP contribution in [-0.4, -0.2) is 30.2 Å². The Bertz CT molecular complexity index is 477. The molecule has 7 heteroatoms. The molecule has 0 heterocycles. The van der Waals surface area contributed by atoms with Gasteiger partial charge in [0.15, 0.2) is 5.84 Å². The average molecular weight is 286 g/mol. The molecule has 0 fully saturated rings. The molecule has 0 saturated carbocycles. The van der Waals surface area contributed by atoms with Crippen LogP contribution in [0.25, 0.3) is 0 Å². The number of nitrogens with zero attached hydrogens (tertiary/aromatic N) is 1. The maximum Gasteiger partial charge on any atom is 0.226 e. The Morgan fingerprint density at radius 3 is 2.89 bits per heavy atom. The third-order valence-corrected chi connectivity index (χ3v) is 2.64. The minimum Gasteiger partial charge on any atom is -0.409 e. The molecule has 0 unspecified atom stereocenters. The number of oxime groups is 1. The number of hydrogen-bond donors (Lipinski definition) is 3. The second kappa shape index (κ2) is 7.60. The lowest BCUT2D eigenvalue weighted by Gasteiger charge is -2.08. The molecule has 4 N–H and O–H groups in total. The number of amides is 1. The normalized spacial score (nSPS) is 11.4. The van der Waals surface area contributed by atoms with E-state index in [1.807, 2.05) is 6.92 Å². The summed E-state index contributed by atoms with van der Waals surface area (Å²) in [5.74, 6) is -0.233. The Labute approximate surface area is 116 Å². The van der Waals surface area contributed by atoms with Crippen LogP contribution in [0.1, 0.15) is 18.9 Å². The fraction of sp³-hybridized carbons (Fsp3) is 0.333. The van der Waals surface area contributed by atoms with Crippen molar-refractivity contribution in [3.8, 4) is 0 Å². The number of halogens is 1. The van der Waals surface area contributed by atoms with E-state index in [-0.39, 0.29) is 18.2 Å². The Balaban J connectivity index is 2.67. The lowest BCUT2D eigenvalue weighted by atomic mass is 10.2. The molecule has 0 saturated heterocycles. The van der Waals surface area contributed by atoms with Crippen LogP contribution in [0.3, 0.4) is 0 Å². The van der Waals surface area contributed by atoms with Crippen LogP contribution >= 0.6 is 11.6 Å². The first-order valence-corrected chi connectivity index (χ1v) is 6.11. The van der Waals surface area contributed by atoms with E-state index in [1.54, 1.807) is 12.1 Å². The summed E-state index contributed by atoms with van der Waals surface area (Å²) in [5, 5.41) is 14.4. The zero-order valence-electron chi connectivity index (χ0n) is 10.5. The summed E-state index contributed by atoms with van der Waals surface area (Å²) in [5.41, 5.74) is 6.38. The minimum absolute atomic E-state index is 0.0453. The smallest absolute Gasteiger partial charge is 0.226 e. The Kier molecular flexibility index (Phi) is 6.11. The van der Waals surface area contributed by atoms with Gasteiger partial charge in [-0.3, -0.25) is 4.79 Å². The van der Waals surface area contributed by atoms with Crippen molar-refractivity contribution in [2.24, 2.45) is 10.9 Å². The summed E-state index contributed by atoms with van der Waals surface area (Å²) in [6.07, 6.45) is 0.256. The van der Waals surface area contributed by atoms with Gasteiger partial charge in [0.25, 0.3) is 0 Å². The van der Waals surface area contributed by atoms with Crippen molar-refractivity contribution < 1.29 is 14.7 Å². The fourth-order valence-corrected chi connectivity index (χ4v) is 1.58.